The molecule has 2 aromatic heterocycles. The van der Waals surface area contributed by atoms with E-state index in [1.54, 1.807) is 18.3 Å². The van der Waals surface area contributed by atoms with E-state index < -0.39 is 0 Å². The quantitative estimate of drug-likeness (QED) is 0.909. The minimum absolute atomic E-state index is 0.139. The monoisotopic (exact) mass is 257 g/mol. The van der Waals surface area contributed by atoms with Crippen LogP contribution in [0.25, 0.3) is 0 Å². The molecule has 5 heteroatoms. The number of furan rings is 1. The van der Waals surface area contributed by atoms with E-state index in [4.69, 9.17) is 4.42 Å². The van der Waals surface area contributed by atoms with E-state index in [0.717, 1.165) is 25.3 Å². The van der Waals surface area contributed by atoms with Gasteiger partial charge in [-0.05, 0) is 30.7 Å². The molecule has 3 rings (SSSR count). The van der Waals surface area contributed by atoms with Crippen molar-refractivity contribution in [3.63, 3.8) is 0 Å². The third-order valence-electron chi connectivity index (χ3n) is 3.24. The minimum Gasteiger partial charge on any atom is -0.459 e. The fraction of sp³-hybridized carbons (Fsp3) is 0.286. The zero-order chi connectivity index (χ0) is 13.1. The van der Waals surface area contributed by atoms with Crippen LogP contribution < -0.4 is 10.2 Å². The van der Waals surface area contributed by atoms with Gasteiger partial charge in [-0.1, -0.05) is 6.07 Å². The van der Waals surface area contributed by atoms with Gasteiger partial charge >= 0.3 is 0 Å². The number of rotatable bonds is 3. The predicted molar refractivity (Wildman–Crippen MR) is 71.0 cm³/mol. The van der Waals surface area contributed by atoms with E-state index in [-0.39, 0.29) is 11.9 Å². The Morgan fingerprint density at radius 3 is 3.05 bits per heavy atom. The molecule has 1 N–H and O–H groups in total. The first kappa shape index (κ1) is 11.8. The van der Waals surface area contributed by atoms with E-state index in [1.807, 2.05) is 18.2 Å². The van der Waals surface area contributed by atoms with Crippen molar-refractivity contribution in [3.05, 3.63) is 48.6 Å². The minimum atomic E-state index is -0.155. The van der Waals surface area contributed by atoms with Crippen molar-refractivity contribution in [1.82, 2.24) is 10.3 Å². The second-order valence-electron chi connectivity index (χ2n) is 4.57. The molecule has 0 spiro atoms. The Kier molecular flexibility index (Phi) is 3.18. The Labute approximate surface area is 111 Å². The smallest absolute Gasteiger partial charge is 0.287 e. The number of carbonyl (C=O) groups excluding carboxylic acids is 1. The average Bonchev–Trinajstić information content (AvgIpc) is 3.11. The molecule has 1 amide bonds. The molecule has 2 aromatic rings. The highest BCUT2D eigenvalue weighted by atomic mass is 16.3. The SMILES string of the molecule is O=C(NC1CCN(c2ccccn2)C1)c1ccco1. The van der Waals surface area contributed by atoms with Crippen LogP contribution in [0.3, 0.4) is 0 Å². The zero-order valence-electron chi connectivity index (χ0n) is 10.5. The van der Waals surface area contributed by atoms with Gasteiger partial charge in [-0.15, -0.1) is 0 Å². The van der Waals surface area contributed by atoms with Gasteiger partial charge in [0.15, 0.2) is 5.76 Å². The van der Waals surface area contributed by atoms with Crippen molar-refractivity contribution < 1.29 is 9.21 Å². The summed E-state index contributed by atoms with van der Waals surface area (Å²) in [7, 11) is 0. The Hall–Kier alpha value is -2.30. The largest absolute Gasteiger partial charge is 0.459 e. The number of nitrogens with zero attached hydrogens (tertiary/aromatic N) is 2. The third-order valence-corrected chi connectivity index (χ3v) is 3.24. The van der Waals surface area contributed by atoms with Crippen molar-refractivity contribution >= 4 is 11.7 Å². The lowest BCUT2D eigenvalue weighted by molar-refractivity contribution is 0.0912. The molecule has 1 aliphatic rings. The highest BCUT2D eigenvalue weighted by Crippen LogP contribution is 2.17. The van der Waals surface area contributed by atoms with Crippen LogP contribution in [0.2, 0.25) is 0 Å². The molecular formula is C14H15N3O2. The van der Waals surface area contributed by atoms with Crippen LogP contribution in [0.15, 0.2) is 47.2 Å². The molecule has 5 nitrogen and oxygen atoms in total. The van der Waals surface area contributed by atoms with Crippen molar-refractivity contribution in [2.45, 2.75) is 12.5 Å². The third kappa shape index (κ3) is 2.59. The van der Waals surface area contributed by atoms with Crippen LogP contribution >= 0.6 is 0 Å². The highest BCUT2D eigenvalue weighted by molar-refractivity contribution is 5.91. The molecule has 0 saturated carbocycles. The molecule has 0 bridgehead atoms. The van der Waals surface area contributed by atoms with Gasteiger partial charge in [0.25, 0.3) is 5.91 Å². The van der Waals surface area contributed by atoms with Gasteiger partial charge in [-0.3, -0.25) is 4.79 Å². The van der Waals surface area contributed by atoms with Gasteiger partial charge in [0.1, 0.15) is 5.82 Å². The van der Waals surface area contributed by atoms with Gasteiger partial charge in [0, 0.05) is 25.3 Å². The van der Waals surface area contributed by atoms with E-state index in [0.29, 0.717) is 5.76 Å². The van der Waals surface area contributed by atoms with Crippen LogP contribution in [-0.4, -0.2) is 30.0 Å². The van der Waals surface area contributed by atoms with Crippen molar-refractivity contribution in [2.24, 2.45) is 0 Å². The average molecular weight is 257 g/mol. The molecule has 1 atom stereocenters. The molecule has 0 radical (unpaired) electrons. The molecule has 1 saturated heterocycles. The second-order valence-corrected chi connectivity index (χ2v) is 4.57. The van der Waals surface area contributed by atoms with Crippen LogP contribution in [0.1, 0.15) is 17.0 Å². The number of hydrogen-bond acceptors (Lipinski definition) is 4. The topological polar surface area (TPSA) is 58.4 Å². The van der Waals surface area contributed by atoms with Gasteiger partial charge in [0.2, 0.25) is 0 Å². The first-order valence-electron chi connectivity index (χ1n) is 6.33. The maximum Gasteiger partial charge on any atom is 0.287 e. The first-order valence-corrected chi connectivity index (χ1v) is 6.33. The summed E-state index contributed by atoms with van der Waals surface area (Å²) in [4.78, 5) is 18.4. The van der Waals surface area contributed by atoms with Crippen molar-refractivity contribution in [2.75, 3.05) is 18.0 Å². The van der Waals surface area contributed by atoms with Gasteiger partial charge in [0.05, 0.1) is 6.26 Å². The maximum atomic E-state index is 11.9. The standard InChI is InChI=1S/C14H15N3O2/c18-14(12-4-3-9-19-12)16-11-6-8-17(10-11)13-5-1-2-7-15-13/h1-5,7,9,11H,6,8,10H2,(H,16,18). The van der Waals surface area contributed by atoms with Crippen LogP contribution in [0, 0.1) is 0 Å². The van der Waals surface area contributed by atoms with Gasteiger partial charge in [-0.2, -0.15) is 0 Å². The summed E-state index contributed by atoms with van der Waals surface area (Å²) in [6.07, 6.45) is 4.21. The summed E-state index contributed by atoms with van der Waals surface area (Å²) in [5, 5.41) is 2.98. The van der Waals surface area contributed by atoms with Gasteiger partial charge in [-0.25, -0.2) is 4.98 Å². The summed E-state index contributed by atoms with van der Waals surface area (Å²) in [6, 6.07) is 9.37. The Morgan fingerprint density at radius 2 is 2.32 bits per heavy atom. The Morgan fingerprint density at radius 1 is 1.37 bits per heavy atom. The fourth-order valence-corrected chi connectivity index (χ4v) is 2.29. The fourth-order valence-electron chi connectivity index (χ4n) is 2.29. The lowest BCUT2D eigenvalue weighted by Gasteiger charge is -2.17. The molecule has 0 aromatic carbocycles. The second kappa shape index (κ2) is 5.14. The van der Waals surface area contributed by atoms with Crippen LogP contribution in [0.5, 0.6) is 0 Å². The number of pyridine rings is 1. The summed E-state index contributed by atoms with van der Waals surface area (Å²) < 4.78 is 5.08. The van der Waals surface area contributed by atoms with Crippen LogP contribution in [0.4, 0.5) is 5.82 Å². The molecule has 3 heterocycles. The number of nitrogens with one attached hydrogen (secondary N) is 1. The maximum absolute atomic E-state index is 11.9. The zero-order valence-corrected chi connectivity index (χ0v) is 10.5. The molecule has 0 aliphatic carbocycles. The van der Waals surface area contributed by atoms with E-state index >= 15 is 0 Å². The Balaban J connectivity index is 1.59. The number of amides is 1. The lowest BCUT2D eigenvalue weighted by Crippen LogP contribution is -2.37. The molecular weight excluding hydrogens is 242 g/mol. The van der Waals surface area contributed by atoms with E-state index in [9.17, 15) is 4.79 Å². The number of anilines is 1. The number of carbonyl (C=O) groups is 1. The molecule has 98 valence electrons. The normalized spacial score (nSPS) is 18.5. The predicted octanol–water partition coefficient (Wildman–Crippen LogP) is 1.68. The molecule has 1 fully saturated rings. The summed E-state index contributed by atoms with van der Waals surface area (Å²) in [6.45, 7) is 1.68. The molecule has 1 aliphatic heterocycles. The van der Waals surface area contributed by atoms with Crippen molar-refractivity contribution in [3.8, 4) is 0 Å². The molecule has 19 heavy (non-hydrogen) atoms. The summed E-state index contributed by atoms with van der Waals surface area (Å²) in [5.41, 5.74) is 0. The number of aromatic nitrogens is 1. The van der Waals surface area contributed by atoms with Crippen LogP contribution in [-0.2, 0) is 0 Å². The Bertz CT molecular complexity index is 539. The first-order chi connectivity index (χ1) is 9.33. The summed E-state index contributed by atoms with van der Waals surface area (Å²) in [5.74, 6) is 1.16. The molecule has 1 unspecified atom stereocenters. The van der Waals surface area contributed by atoms with Crippen molar-refractivity contribution in [1.29, 1.82) is 0 Å². The lowest BCUT2D eigenvalue weighted by atomic mass is 10.2. The van der Waals surface area contributed by atoms with E-state index in [2.05, 4.69) is 15.2 Å². The van der Waals surface area contributed by atoms with E-state index in [1.165, 1.54) is 6.26 Å². The van der Waals surface area contributed by atoms with Gasteiger partial charge < -0.3 is 14.6 Å². The summed E-state index contributed by atoms with van der Waals surface area (Å²) >= 11 is 0. The number of hydrogen-bond donors (Lipinski definition) is 1. The highest BCUT2D eigenvalue weighted by Gasteiger charge is 2.25.